The lowest BCUT2D eigenvalue weighted by atomic mass is 10.2. The fourth-order valence-electron chi connectivity index (χ4n) is 1.04. The van der Waals surface area contributed by atoms with Crippen molar-refractivity contribution in [2.45, 2.75) is 6.92 Å². The summed E-state index contributed by atoms with van der Waals surface area (Å²) in [6.07, 6.45) is 0. The Hall–Kier alpha value is -1.54. The van der Waals surface area contributed by atoms with Gasteiger partial charge in [0.2, 0.25) is 0 Å². The highest BCUT2D eigenvalue weighted by atomic mass is 79.9. The third-order valence-corrected chi connectivity index (χ3v) is 2.19. The van der Waals surface area contributed by atoms with E-state index in [1.165, 1.54) is 6.07 Å². The van der Waals surface area contributed by atoms with Crippen molar-refractivity contribution >= 4 is 27.3 Å². The second kappa shape index (κ2) is 5.37. The molecule has 4 nitrogen and oxygen atoms in total. The highest BCUT2D eigenvalue weighted by Gasteiger charge is 2.12. The lowest BCUT2D eigenvalue weighted by molar-refractivity contribution is -0.384. The molecule has 15 heavy (non-hydrogen) atoms. The molecule has 1 aromatic rings. The van der Waals surface area contributed by atoms with Gasteiger partial charge in [0.15, 0.2) is 0 Å². The molecule has 0 bridgehead atoms. The van der Waals surface area contributed by atoms with Crippen LogP contribution in [0.2, 0.25) is 0 Å². The molecule has 0 radical (unpaired) electrons. The molecular formula is C10H9BrN2O2. The number of rotatable bonds is 3. The van der Waals surface area contributed by atoms with E-state index in [1.54, 1.807) is 19.1 Å². The van der Waals surface area contributed by atoms with E-state index in [0.29, 0.717) is 12.2 Å². The lowest BCUT2D eigenvalue weighted by Gasteiger charge is -2.03. The van der Waals surface area contributed by atoms with Gasteiger partial charge < -0.3 is 5.32 Å². The number of nitrogens with zero attached hydrogens (tertiary/aromatic N) is 1. The summed E-state index contributed by atoms with van der Waals surface area (Å²) in [5, 5.41) is 13.6. The molecule has 1 N–H and O–H groups in total. The average Bonchev–Trinajstić information content (AvgIpc) is 2.18. The zero-order chi connectivity index (χ0) is 11.3. The van der Waals surface area contributed by atoms with E-state index < -0.39 is 4.92 Å². The van der Waals surface area contributed by atoms with Crippen molar-refractivity contribution in [2.75, 3.05) is 11.9 Å². The Morgan fingerprint density at radius 2 is 2.33 bits per heavy atom. The first-order valence-corrected chi connectivity index (χ1v) is 5.02. The number of halogens is 1. The van der Waals surface area contributed by atoms with E-state index in [1.807, 2.05) is 0 Å². The first-order valence-electron chi connectivity index (χ1n) is 4.22. The molecule has 1 aromatic carbocycles. The van der Waals surface area contributed by atoms with Crippen molar-refractivity contribution in [3.8, 4) is 11.8 Å². The van der Waals surface area contributed by atoms with E-state index in [-0.39, 0.29) is 5.69 Å². The van der Waals surface area contributed by atoms with Gasteiger partial charge >= 0.3 is 0 Å². The molecule has 78 valence electrons. The Morgan fingerprint density at radius 1 is 1.60 bits per heavy atom. The van der Waals surface area contributed by atoms with Crippen LogP contribution in [0.15, 0.2) is 22.7 Å². The van der Waals surface area contributed by atoms with Crippen LogP contribution in [0.4, 0.5) is 11.4 Å². The molecule has 0 atom stereocenters. The molecule has 0 unspecified atom stereocenters. The predicted octanol–water partition coefficient (Wildman–Crippen LogP) is 2.79. The van der Waals surface area contributed by atoms with Crippen molar-refractivity contribution in [2.24, 2.45) is 0 Å². The molecule has 0 aliphatic carbocycles. The van der Waals surface area contributed by atoms with Gasteiger partial charge in [-0.1, -0.05) is 21.9 Å². The first kappa shape index (κ1) is 11.5. The third-order valence-electron chi connectivity index (χ3n) is 1.70. The summed E-state index contributed by atoms with van der Waals surface area (Å²) >= 11 is 3.26. The predicted molar refractivity (Wildman–Crippen MR) is 62.7 cm³/mol. The highest BCUT2D eigenvalue weighted by Crippen LogP contribution is 2.27. The van der Waals surface area contributed by atoms with Crippen LogP contribution in [0.1, 0.15) is 6.92 Å². The third kappa shape index (κ3) is 3.26. The summed E-state index contributed by atoms with van der Waals surface area (Å²) in [7, 11) is 0. The zero-order valence-corrected chi connectivity index (χ0v) is 9.67. The van der Waals surface area contributed by atoms with Crippen molar-refractivity contribution < 1.29 is 4.92 Å². The van der Waals surface area contributed by atoms with Crippen molar-refractivity contribution in [3.05, 3.63) is 32.8 Å². The molecule has 0 heterocycles. The second-order valence-corrected chi connectivity index (χ2v) is 3.61. The fourth-order valence-corrected chi connectivity index (χ4v) is 1.40. The van der Waals surface area contributed by atoms with Crippen molar-refractivity contribution in [3.63, 3.8) is 0 Å². The van der Waals surface area contributed by atoms with Crippen LogP contribution >= 0.6 is 15.9 Å². The fraction of sp³-hybridized carbons (Fsp3) is 0.200. The first-order chi connectivity index (χ1) is 7.15. The SMILES string of the molecule is CC#CCNc1cc(Br)ccc1[N+](=O)[O-]. The molecule has 0 aromatic heterocycles. The number of hydrogen-bond acceptors (Lipinski definition) is 3. The maximum atomic E-state index is 10.7. The van der Waals surface area contributed by atoms with E-state index in [2.05, 4.69) is 33.1 Å². The maximum Gasteiger partial charge on any atom is 0.292 e. The molecule has 0 spiro atoms. The van der Waals surface area contributed by atoms with Gasteiger partial charge in [-0.05, 0) is 19.1 Å². The number of anilines is 1. The van der Waals surface area contributed by atoms with E-state index in [0.717, 1.165) is 4.47 Å². The van der Waals surface area contributed by atoms with E-state index in [4.69, 9.17) is 0 Å². The normalized spacial score (nSPS) is 8.93. The summed E-state index contributed by atoms with van der Waals surface area (Å²) < 4.78 is 0.792. The Balaban J connectivity index is 2.95. The standard InChI is InChI=1S/C10H9BrN2O2/c1-2-3-6-12-9-7-8(11)4-5-10(9)13(14)15/h4-5,7,12H,6H2,1H3. The van der Waals surface area contributed by atoms with Crippen LogP contribution in [-0.4, -0.2) is 11.5 Å². The van der Waals surface area contributed by atoms with Gasteiger partial charge in [-0.2, -0.15) is 0 Å². The van der Waals surface area contributed by atoms with Gasteiger partial charge in [-0.25, -0.2) is 0 Å². The lowest BCUT2D eigenvalue weighted by Crippen LogP contribution is -2.02. The van der Waals surface area contributed by atoms with Gasteiger partial charge in [0, 0.05) is 10.5 Å². The summed E-state index contributed by atoms with van der Waals surface area (Å²) in [5.74, 6) is 5.49. The van der Waals surface area contributed by atoms with Gasteiger partial charge in [-0.3, -0.25) is 10.1 Å². The van der Waals surface area contributed by atoms with E-state index >= 15 is 0 Å². The second-order valence-electron chi connectivity index (χ2n) is 2.70. The molecule has 0 aliphatic heterocycles. The smallest absolute Gasteiger partial charge is 0.292 e. The highest BCUT2D eigenvalue weighted by molar-refractivity contribution is 9.10. The summed E-state index contributed by atoms with van der Waals surface area (Å²) in [5.41, 5.74) is 0.522. The molecule has 0 aliphatic rings. The summed E-state index contributed by atoms with van der Waals surface area (Å²) in [4.78, 5) is 10.3. The monoisotopic (exact) mass is 268 g/mol. The molecule has 0 amide bonds. The largest absolute Gasteiger partial charge is 0.369 e. The van der Waals surface area contributed by atoms with Crippen LogP contribution < -0.4 is 5.32 Å². The number of nitro benzene ring substituents is 1. The van der Waals surface area contributed by atoms with Crippen LogP contribution in [0.5, 0.6) is 0 Å². The molecule has 5 heteroatoms. The van der Waals surface area contributed by atoms with Crippen molar-refractivity contribution in [1.29, 1.82) is 0 Å². The van der Waals surface area contributed by atoms with Crippen LogP contribution in [0.25, 0.3) is 0 Å². The Morgan fingerprint density at radius 3 is 2.93 bits per heavy atom. The Labute approximate surface area is 96.0 Å². The molecule has 0 saturated carbocycles. The van der Waals surface area contributed by atoms with Gasteiger partial charge in [-0.15, -0.1) is 5.92 Å². The van der Waals surface area contributed by atoms with Crippen LogP contribution in [0.3, 0.4) is 0 Å². The number of nitro groups is 1. The van der Waals surface area contributed by atoms with Gasteiger partial charge in [0.05, 0.1) is 11.5 Å². The van der Waals surface area contributed by atoms with Gasteiger partial charge in [0.25, 0.3) is 5.69 Å². The Bertz CT molecular complexity index is 435. The molecular weight excluding hydrogens is 260 g/mol. The number of nitrogens with one attached hydrogen (secondary N) is 1. The summed E-state index contributed by atoms with van der Waals surface area (Å²) in [6.45, 7) is 2.12. The van der Waals surface area contributed by atoms with Gasteiger partial charge in [0.1, 0.15) is 5.69 Å². The zero-order valence-electron chi connectivity index (χ0n) is 8.08. The molecule has 0 saturated heterocycles. The maximum absolute atomic E-state index is 10.7. The van der Waals surface area contributed by atoms with Crippen LogP contribution in [0, 0.1) is 22.0 Å². The Kier molecular flexibility index (Phi) is 4.13. The van der Waals surface area contributed by atoms with Crippen molar-refractivity contribution in [1.82, 2.24) is 0 Å². The average molecular weight is 269 g/mol. The number of hydrogen-bond donors (Lipinski definition) is 1. The minimum atomic E-state index is -0.422. The summed E-state index contributed by atoms with van der Waals surface area (Å²) in [6, 6.07) is 4.75. The van der Waals surface area contributed by atoms with Crippen LogP contribution in [-0.2, 0) is 0 Å². The molecule has 1 rings (SSSR count). The molecule has 0 fully saturated rings. The minimum absolute atomic E-state index is 0.0519. The topological polar surface area (TPSA) is 55.2 Å². The number of benzene rings is 1. The quantitative estimate of drug-likeness (QED) is 0.521. The van der Waals surface area contributed by atoms with E-state index in [9.17, 15) is 10.1 Å². The minimum Gasteiger partial charge on any atom is -0.369 e.